The Hall–Kier alpha value is -1.19. The third kappa shape index (κ3) is 3.38. The van der Waals surface area contributed by atoms with Crippen molar-refractivity contribution in [3.63, 3.8) is 0 Å². The number of carbonyl (C=O) groups excluding carboxylic acids is 1. The van der Waals surface area contributed by atoms with Gasteiger partial charge in [0.2, 0.25) is 0 Å². The van der Waals surface area contributed by atoms with E-state index in [1.807, 2.05) is 18.2 Å². The van der Waals surface area contributed by atoms with E-state index in [-0.39, 0.29) is 5.92 Å². The van der Waals surface area contributed by atoms with Gasteiger partial charge in [0.1, 0.15) is 5.78 Å². The zero-order valence-electron chi connectivity index (χ0n) is 10.2. The largest absolute Gasteiger partial charge is 0.383 e. The smallest absolute Gasteiger partial charge is 0.150 e. The molecule has 3 nitrogen and oxygen atoms in total. The molecule has 1 aromatic rings. The minimum Gasteiger partial charge on any atom is -0.383 e. The van der Waals surface area contributed by atoms with Crippen molar-refractivity contribution in [1.82, 2.24) is 5.32 Å². The van der Waals surface area contributed by atoms with E-state index in [1.165, 1.54) is 5.56 Å². The third-order valence-electron chi connectivity index (χ3n) is 3.21. The minimum absolute atomic E-state index is 0.229. The number of ketones is 1. The second-order valence-corrected chi connectivity index (χ2v) is 4.50. The Morgan fingerprint density at radius 1 is 1.41 bits per heavy atom. The van der Waals surface area contributed by atoms with Gasteiger partial charge in [0, 0.05) is 19.6 Å². The number of benzene rings is 1. The first kappa shape index (κ1) is 12.3. The summed E-state index contributed by atoms with van der Waals surface area (Å²) in [5, 5.41) is 3.10. The van der Waals surface area contributed by atoms with Crippen LogP contribution in [-0.2, 0) is 9.53 Å². The Morgan fingerprint density at radius 2 is 2.18 bits per heavy atom. The number of ether oxygens (including phenoxy) is 1. The zero-order valence-corrected chi connectivity index (χ0v) is 10.2. The van der Waals surface area contributed by atoms with Gasteiger partial charge >= 0.3 is 0 Å². The maximum atomic E-state index is 11.8. The molecule has 1 N–H and O–H groups in total. The van der Waals surface area contributed by atoms with Crippen LogP contribution in [0.3, 0.4) is 0 Å². The van der Waals surface area contributed by atoms with Crippen molar-refractivity contribution >= 4 is 5.78 Å². The molecule has 0 bridgehead atoms. The molecule has 2 rings (SSSR count). The van der Waals surface area contributed by atoms with Crippen LogP contribution in [0.5, 0.6) is 0 Å². The van der Waals surface area contributed by atoms with Crippen molar-refractivity contribution in [2.24, 2.45) is 5.92 Å². The lowest BCUT2D eigenvalue weighted by Crippen LogP contribution is -2.27. The van der Waals surface area contributed by atoms with E-state index in [9.17, 15) is 4.79 Å². The summed E-state index contributed by atoms with van der Waals surface area (Å²) in [5.41, 5.74) is 1.29. The average molecular weight is 233 g/mol. The molecule has 2 unspecified atom stereocenters. The summed E-state index contributed by atoms with van der Waals surface area (Å²) >= 11 is 0. The third-order valence-corrected chi connectivity index (χ3v) is 3.21. The van der Waals surface area contributed by atoms with Crippen LogP contribution >= 0.6 is 0 Å². The number of hydrogen-bond donors (Lipinski definition) is 1. The van der Waals surface area contributed by atoms with E-state index in [0.717, 1.165) is 13.0 Å². The van der Waals surface area contributed by atoms with Gasteiger partial charge < -0.3 is 10.1 Å². The number of nitrogens with one attached hydrogen (secondary N) is 1. The van der Waals surface area contributed by atoms with Crippen LogP contribution < -0.4 is 5.32 Å². The maximum Gasteiger partial charge on any atom is 0.150 e. The van der Waals surface area contributed by atoms with Crippen LogP contribution in [0.15, 0.2) is 30.3 Å². The lowest BCUT2D eigenvalue weighted by Gasteiger charge is -2.03. The summed E-state index contributed by atoms with van der Waals surface area (Å²) in [4.78, 5) is 11.8. The van der Waals surface area contributed by atoms with Crippen molar-refractivity contribution < 1.29 is 9.53 Å². The highest BCUT2D eigenvalue weighted by Crippen LogP contribution is 2.47. The Morgan fingerprint density at radius 3 is 2.88 bits per heavy atom. The Kier molecular flexibility index (Phi) is 4.29. The number of hydrogen-bond acceptors (Lipinski definition) is 3. The van der Waals surface area contributed by atoms with Crippen LogP contribution in [0, 0.1) is 5.92 Å². The molecule has 3 heteroatoms. The Bertz CT molecular complexity index is 364. The van der Waals surface area contributed by atoms with Gasteiger partial charge in [-0.1, -0.05) is 30.3 Å². The second-order valence-electron chi connectivity index (χ2n) is 4.50. The van der Waals surface area contributed by atoms with Crippen molar-refractivity contribution in [2.75, 3.05) is 26.8 Å². The molecular formula is C14H19NO2. The summed E-state index contributed by atoms with van der Waals surface area (Å²) in [6, 6.07) is 10.3. The summed E-state index contributed by atoms with van der Waals surface area (Å²) in [6.07, 6.45) is 1.01. The first-order chi connectivity index (χ1) is 8.33. The molecule has 1 aromatic carbocycles. The standard InChI is InChI=1S/C14H19NO2/c1-17-8-7-15-10-14(16)13-9-12(13)11-5-3-2-4-6-11/h2-6,12-13,15H,7-10H2,1H3. The molecule has 17 heavy (non-hydrogen) atoms. The molecule has 1 aliphatic rings. The van der Waals surface area contributed by atoms with E-state index in [1.54, 1.807) is 7.11 Å². The number of Topliss-reactive ketones (excluding diaryl/α,β-unsaturated/α-hetero) is 1. The quantitative estimate of drug-likeness (QED) is 0.727. The van der Waals surface area contributed by atoms with Crippen molar-refractivity contribution in [3.8, 4) is 0 Å². The summed E-state index contributed by atoms with van der Waals surface area (Å²) < 4.78 is 4.92. The van der Waals surface area contributed by atoms with Gasteiger partial charge in [-0.2, -0.15) is 0 Å². The topological polar surface area (TPSA) is 38.3 Å². The van der Waals surface area contributed by atoms with Crippen LogP contribution in [0.4, 0.5) is 0 Å². The highest BCUT2D eigenvalue weighted by atomic mass is 16.5. The van der Waals surface area contributed by atoms with Crippen LogP contribution in [0.2, 0.25) is 0 Å². The van der Waals surface area contributed by atoms with E-state index >= 15 is 0 Å². The molecule has 0 spiro atoms. The fourth-order valence-corrected chi connectivity index (χ4v) is 2.14. The van der Waals surface area contributed by atoms with Crippen LogP contribution in [0.25, 0.3) is 0 Å². The molecule has 1 fully saturated rings. The summed E-state index contributed by atoms with van der Waals surface area (Å²) in [6.45, 7) is 1.86. The molecule has 0 radical (unpaired) electrons. The normalized spacial score (nSPS) is 22.4. The second kappa shape index (κ2) is 5.94. The Labute approximate surface area is 102 Å². The van der Waals surface area contributed by atoms with E-state index < -0.39 is 0 Å². The predicted octanol–water partition coefficient (Wildman–Crippen LogP) is 1.60. The highest BCUT2D eigenvalue weighted by Gasteiger charge is 2.42. The average Bonchev–Trinajstić information content (AvgIpc) is 3.16. The zero-order chi connectivity index (χ0) is 12.1. The van der Waals surface area contributed by atoms with Crippen LogP contribution in [-0.4, -0.2) is 32.6 Å². The van der Waals surface area contributed by atoms with Crippen molar-refractivity contribution in [2.45, 2.75) is 12.3 Å². The lowest BCUT2D eigenvalue weighted by atomic mass is 10.1. The molecule has 2 atom stereocenters. The monoisotopic (exact) mass is 233 g/mol. The fraction of sp³-hybridized carbons (Fsp3) is 0.500. The lowest BCUT2D eigenvalue weighted by molar-refractivity contribution is -0.119. The fourth-order valence-electron chi connectivity index (χ4n) is 2.14. The van der Waals surface area contributed by atoms with Crippen LogP contribution in [0.1, 0.15) is 17.9 Å². The van der Waals surface area contributed by atoms with Gasteiger partial charge in [-0.3, -0.25) is 4.79 Å². The highest BCUT2D eigenvalue weighted by molar-refractivity contribution is 5.86. The number of methoxy groups -OCH3 is 1. The van der Waals surface area contributed by atoms with E-state index in [4.69, 9.17) is 4.74 Å². The van der Waals surface area contributed by atoms with E-state index in [0.29, 0.717) is 24.9 Å². The van der Waals surface area contributed by atoms with Crippen molar-refractivity contribution in [1.29, 1.82) is 0 Å². The molecule has 1 saturated carbocycles. The maximum absolute atomic E-state index is 11.8. The van der Waals surface area contributed by atoms with E-state index in [2.05, 4.69) is 17.4 Å². The van der Waals surface area contributed by atoms with Gasteiger partial charge in [-0.25, -0.2) is 0 Å². The molecule has 0 amide bonds. The molecular weight excluding hydrogens is 214 g/mol. The summed E-state index contributed by atoms with van der Waals surface area (Å²) in [5.74, 6) is 1.01. The molecule has 0 heterocycles. The van der Waals surface area contributed by atoms with Gasteiger partial charge in [0.15, 0.2) is 0 Å². The van der Waals surface area contributed by atoms with Gasteiger partial charge in [-0.05, 0) is 17.9 Å². The molecule has 0 saturated heterocycles. The van der Waals surface area contributed by atoms with Gasteiger partial charge in [0.05, 0.1) is 13.2 Å². The molecule has 0 aromatic heterocycles. The summed E-state index contributed by atoms with van der Waals surface area (Å²) in [7, 11) is 1.66. The molecule has 1 aliphatic carbocycles. The SMILES string of the molecule is COCCNCC(=O)C1CC1c1ccccc1. The Balaban J connectivity index is 1.73. The first-order valence-electron chi connectivity index (χ1n) is 6.10. The van der Waals surface area contributed by atoms with Gasteiger partial charge in [0.25, 0.3) is 0 Å². The minimum atomic E-state index is 0.229. The predicted molar refractivity (Wildman–Crippen MR) is 67.0 cm³/mol. The van der Waals surface area contributed by atoms with Crippen molar-refractivity contribution in [3.05, 3.63) is 35.9 Å². The molecule has 0 aliphatic heterocycles. The number of rotatable bonds is 7. The first-order valence-corrected chi connectivity index (χ1v) is 6.10. The molecule has 92 valence electrons. The number of carbonyl (C=O) groups is 1. The van der Waals surface area contributed by atoms with Gasteiger partial charge in [-0.15, -0.1) is 0 Å².